The molecule has 0 spiro atoms. The molecule has 0 saturated carbocycles. The molecule has 92 valence electrons. The number of nitrogens with zero attached hydrogens (tertiary/aromatic N) is 1. The second kappa shape index (κ2) is 4.91. The fourth-order valence-electron chi connectivity index (χ4n) is 2.33. The van der Waals surface area contributed by atoms with Gasteiger partial charge in [-0.2, -0.15) is 0 Å². The highest BCUT2D eigenvalue weighted by atomic mass is 35.5. The Morgan fingerprint density at radius 1 is 1.00 bits per heavy atom. The van der Waals surface area contributed by atoms with E-state index in [-0.39, 0.29) is 0 Å². The number of rotatable bonds is 1. The molecule has 18 heavy (non-hydrogen) atoms. The van der Waals surface area contributed by atoms with Crippen molar-refractivity contribution in [3.05, 3.63) is 53.6 Å². The molecule has 0 bridgehead atoms. The molecule has 1 aliphatic heterocycles. The molecule has 1 N–H and O–H groups in total. The number of benzene rings is 2. The second-order valence-corrected chi connectivity index (χ2v) is 4.86. The second-order valence-electron chi connectivity index (χ2n) is 4.43. The first-order valence-corrected chi connectivity index (χ1v) is 6.58. The summed E-state index contributed by atoms with van der Waals surface area (Å²) in [6.45, 7) is 2.03. The summed E-state index contributed by atoms with van der Waals surface area (Å²) in [5.41, 5.74) is 3.62. The van der Waals surface area contributed by atoms with Crippen LogP contribution in [0.15, 0.2) is 48.5 Å². The van der Waals surface area contributed by atoms with E-state index >= 15 is 0 Å². The van der Waals surface area contributed by atoms with E-state index in [1.54, 1.807) is 0 Å². The van der Waals surface area contributed by atoms with Crippen LogP contribution in [0.3, 0.4) is 0 Å². The van der Waals surface area contributed by atoms with Gasteiger partial charge in [-0.25, -0.2) is 0 Å². The fraction of sp³-hybridized carbons (Fsp3) is 0.200. The largest absolute Gasteiger partial charge is 0.383 e. The van der Waals surface area contributed by atoms with Gasteiger partial charge in [-0.3, -0.25) is 0 Å². The molecular weight excluding hydrogens is 244 g/mol. The predicted molar refractivity (Wildman–Crippen MR) is 78.0 cm³/mol. The Morgan fingerprint density at radius 3 is 2.61 bits per heavy atom. The van der Waals surface area contributed by atoms with E-state index in [1.165, 1.54) is 17.1 Å². The van der Waals surface area contributed by atoms with Gasteiger partial charge in [-0.1, -0.05) is 23.7 Å². The minimum absolute atomic E-state index is 0.778. The van der Waals surface area contributed by atoms with Crippen molar-refractivity contribution in [1.29, 1.82) is 0 Å². The molecule has 0 amide bonds. The van der Waals surface area contributed by atoms with E-state index < -0.39 is 0 Å². The number of halogens is 1. The average molecular weight is 259 g/mol. The van der Waals surface area contributed by atoms with Crippen LogP contribution >= 0.6 is 11.6 Å². The quantitative estimate of drug-likeness (QED) is 0.821. The summed E-state index contributed by atoms with van der Waals surface area (Å²) in [5, 5.41) is 4.25. The van der Waals surface area contributed by atoms with Crippen LogP contribution in [0, 0.1) is 0 Å². The smallest absolute Gasteiger partial charge is 0.0646 e. The van der Waals surface area contributed by atoms with E-state index in [0.717, 1.165) is 24.5 Å². The number of hydrogen-bond donors (Lipinski definition) is 1. The van der Waals surface area contributed by atoms with Gasteiger partial charge >= 0.3 is 0 Å². The lowest BCUT2D eigenvalue weighted by atomic mass is 10.2. The molecule has 0 saturated heterocycles. The molecule has 0 atom stereocenters. The molecule has 0 unspecified atom stereocenters. The maximum atomic E-state index is 5.95. The van der Waals surface area contributed by atoms with Crippen LogP contribution in [-0.2, 0) is 0 Å². The number of para-hydroxylation sites is 2. The summed E-state index contributed by atoms with van der Waals surface area (Å²) < 4.78 is 0. The maximum absolute atomic E-state index is 5.95. The van der Waals surface area contributed by atoms with Gasteiger partial charge in [0.2, 0.25) is 0 Å². The lowest BCUT2D eigenvalue weighted by molar-refractivity contribution is 0.863. The Morgan fingerprint density at radius 2 is 1.78 bits per heavy atom. The number of hydrogen-bond acceptors (Lipinski definition) is 2. The van der Waals surface area contributed by atoms with E-state index in [2.05, 4.69) is 46.6 Å². The SMILES string of the molecule is Clc1ccc(N2CCCNc3ccccc32)cc1. The van der Waals surface area contributed by atoms with Gasteiger partial charge in [0, 0.05) is 23.8 Å². The van der Waals surface area contributed by atoms with E-state index in [4.69, 9.17) is 11.6 Å². The van der Waals surface area contributed by atoms with E-state index in [0.29, 0.717) is 0 Å². The molecule has 3 heteroatoms. The Balaban J connectivity index is 2.03. The van der Waals surface area contributed by atoms with Crippen molar-refractivity contribution in [3.8, 4) is 0 Å². The predicted octanol–water partition coefficient (Wildman–Crippen LogP) is 4.29. The van der Waals surface area contributed by atoms with Crippen molar-refractivity contribution in [2.45, 2.75) is 6.42 Å². The van der Waals surface area contributed by atoms with Gasteiger partial charge in [0.1, 0.15) is 0 Å². The Labute approximate surface area is 112 Å². The number of anilines is 3. The fourth-order valence-corrected chi connectivity index (χ4v) is 2.45. The van der Waals surface area contributed by atoms with Crippen LogP contribution in [-0.4, -0.2) is 13.1 Å². The zero-order chi connectivity index (χ0) is 12.4. The van der Waals surface area contributed by atoms with Crippen molar-refractivity contribution >= 4 is 28.7 Å². The first kappa shape index (κ1) is 11.4. The molecule has 2 nitrogen and oxygen atoms in total. The Kier molecular flexibility index (Phi) is 3.11. The molecule has 2 aromatic carbocycles. The summed E-state index contributed by atoms with van der Waals surface area (Å²) in [6, 6.07) is 16.5. The van der Waals surface area contributed by atoms with Crippen molar-refractivity contribution in [3.63, 3.8) is 0 Å². The summed E-state index contributed by atoms with van der Waals surface area (Å²) in [7, 11) is 0. The summed E-state index contributed by atoms with van der Waals surface area (Å²) in [5.74, 6) is 0. The van der Waals surface area contributed by atoms with Crippen LogP contribution in [0.1, 0.15) is 6.42 Å². The average Bonchev–Trinajstić information content (AvgIpc) is 2.62. The molecule has 0 aliphatic carbocycles. The van der Waals surface area contributed by atoms with Gasteiger partial charge in [-0.15, -0.1) is 0 Å². The molecule has 3 rings (SSSR count). The van der Waals surface area contributed by atoms with Crippen LogP contribution in [0.2, 0.25) is 5.02 Å². The summed E-state index contributed by atoms with van der Waals surface area (Å²) >= 11 is 5.95. The highest BCUT2D eigenvalue weighted by Gasteiger charge is 2.15. The molecule has 0 fully saturated rings. The van der Waals surface area contributed by atoms with Gasteiger partial charge in [0.05, 0.1) is 11.4 Å². The van der Waals surface area contributed by atoms with Gasteiger partial charge in [0.25, 0.3) is 0 Å². The zero-order valence-electron chi connectivity index (χ0n) is 10.1. The molecular formula is C15H15ClN2. The van der Waals surface area contributed by atoms with E-state index in [1.807, 2.05) is 12.1 Å². The lowest BCUT2D eigenvalue weighted by Gasteiger charge is -2.24. The standard InChI is InChI=1S/C15H15ClN2/c16-12-6-8-13(9-7-12)18-11-3-10-17-14-4-1-2-5-15(14)18/h1-2,4-9,17H,3,10-11H2. The molecule has 0 aromatic heterocycles. The first-order chi connectivity index (χ1) is 8.84. The third-order valence-corrected chi connectivity index (χ3v) is 3.46. The van der Waals surface area contributed by atoms with Gasteiger partial charge in [0.15, 0.2) is 0 Å². The van der Waals surface area contributed by atoms with Crippen LogP contribution in [0.25, 0.3) is 0 Å². The zero-order valence-corrected chi connectivity index (χ0v) is 10.8. The van der Waals surface area contributed by atoms with Gasteiger partial charge < -0.3 is 10.2 Å². The summed E-state index contributed by atoms with van der Waals surface area (Å²) in [6.07, 6.45) is 1.12. The van der Waals surface area contributed by atoms with Crippen molar-refractivity contribution in [2.75, 3.05) is 23.3 Å². The van der Waals surface area contributed by atoms with Gasteiger partial charge in [-0.05, 0) is 42.8 Å². The van der Waals surface area contributed by atoms with Crippen LogP contribution in [0.5, 0.6) is 0 Å². The topological polar surface area (TPSA) is 15.3 Å². The summed E-state index contributed by atoms with van der Waals surface area (Å²) in [4.78, 5) is 2.34. The first-order valence-electron chi connectivity index (χ1n) is 6.20. The molecule has 2 aromatic rings. The minimum atomic E-state index is 0.778. The number of nitrogens with one attached hydrogen (secondary N) is 1. The molecule has 1 heterocycles. The monoisotopic (exact) mass is 258 g/mol. The normalized spacial score (nSPS) is 14.6. The van der Waals surface area contributed by atoms with Crippen LogP contribution in [0.4, 0.5) is 17.1 Å². The van der Waals surface area contributed by atoms with E-state index in [9.17, 15) is 0 Å². The molecule has 1 aliphatic rings. The third-order valence-electron chi connectivity index (χ3n) is 3.21. The lowest BCUT2D eigenvalue weighted by Crippen LogP contribution is -2.17. The number of fused-ring (bicyclic) bond motifs is 1. The van der Waals surface area contributed by atoms with Crippen molar-refractivity contribution < 1.29 is 0 Å². The van der Waals surface area contributed by atoms with Crippen molar-refractivity contribution in [1.82, 2.24) is 0 Å². The van der Waals surface area contributed by atoms with Crippen molar-refractivity contribution in [2.24, 2.45) is 0 Å². The molecule has 0 radical (unpaired) electrons. The third kappa shape index (κ3) is 2.16. The Hall–Kier alpha value is -1.67. The highest BCUT2D eigenvalue weighted by molar-refractivity contribution is 6.30. The highest BCUT2D eigenvalue weighted by Crippen LogP contribution is 2.34. The Bertz CT molecular complexity index is 536. The minimum Gasteiger partial charge on any atom is -0.383 e. The van der Waals surface area contributed by atoms with Crippen LogP contribution < -0.4 is 10.2 Å². The maximum Gasteiger partial charge on any atom is 0.0646 e.